The number of aromatic nitrogens is 3. The Balaban J connectivity index is 1.56. The fourth-order valence-corrected chi connectivity index (χ4v) is 3.60. The number of phenolic OH excluding ortho intramolecular Hbond substituents is 1. The van der Waals surface area contributed by atoms with Crippen LogP contribution in [0.5, 0.6) is 17.2 Å². The van der Waals surface area contributed by atoms with Crippen LogP contribution in [-0.2, 0) is 4.74 Å². The van der Waals surface area contributed by atoms with Crippen molar-refractivity contribution in [3.05, 3.63) is 109 Å². The van der Waals surface area contributed by atoms with E-state index in [1.165, 1.54) is 13.2 Å². The first-order valence-corrected chi connectivity index (χ1v) is 11.2. The summed E-state index contributed by atoms with van der Waals surface area (Å²) in [5, 5.41) is 10.8. The summed E-state index contributed by atoms with van der Waals surface area (Å²) in [6, 6.07) is 30.6. The van der Waals surface area contributed by atoms with Gasteiger partial charge in [0.2, 0.25) is 0 Å². The number of esters is 1. The first kappa shape index (κ1) is 22.7. The topological polar surface area (TPSA) is 94.4 Å². The maximum atomic E-state index is 11.8. The molecule has 1 N–H and O–H groups in total. The van der Waals surface area contributed by atoms with Crippen LogP contribution in [-0.4, -0.2) is 33.1 Å². The van der Waals surface area contributed by atoms with Crippen molar-refractivity contribution in [1.29, 1.82) is 0 Å². The summed E-state index contributed by atoms with van der Waals surface area (Å²) in [5.74, 6) is 1.86. The van der Waals surface area contributed by atoms with E-state index in [0.717, 1.165) is 5.56 Å². The summed E-state index contributed by atoms with van der Waals surface area (Å²) in [4.78, 5) is 25.7. The molecule has 7 nitrogen and oxygen atoms in total. The fourth-order valence-electron chi connectivity index (χ4n) is 3.60. The van der Waals surface area contributed by atoms with Crippen molar-refractivity contribution in [3.63, 3.8) is 0 Å². The quantitative estimate of drug-likeness (QED) is 0.294. The third-order valence-corrected chi connectivity index (χ3v) is 5.42. The van der Waals surface area contributed by atoms with Crippen LogP contribution >= 0.6 is 0 Å². The highest BCUT2D eigenvalue weighted by molar-refractivity contribution is 5.89. The SMILES string of the molecule is COC(=O)c1ccc(-c2nc(-c3ccccc3)nc(-c3ccc(Oc4ccccc4)cc3O)n2)cc1. The van der Waals surface area contributed by atoms with Crippen molar-refractivity contribution in [3.8, 4) is 51.4 Å². The van der Waals surface area contributed by atoms with E-state index in [0.29, 0.717) is 45.7 Å². The molecule has 5 rings (SSSR count). The van der Waals surface area contributed by atoms with Gasteiger partial charge in [0.15, 0.2) is 17.5 Å². The number of hydrogen-bond acceptors (Lipinski definition) is 7. The molecule has 0 atom stereocenters. The summed E-state index contributed by atoms with van der Waals surface area (Å²) in [6.07, 6.45) is 0. The zero-order valence-corrected chi connectivity index (χ0v) is 19.3. The normalized spacial score (nSPS) is 10.6. The second kappa shape index (κ2) is 10.1. The number of rotatable bonds is 6. The molecule has 4 aromatic carbocycles. The van der Waals surface area contributed by atoms with E-state index >= 15 is 0 Å². The fraction of sp³-hybridized carbons (Fsp3) is 0.0345. The van der Waals surface area contributed by atoms with Crippen LogP contribution in [0, 0.1) is 0 Å². The van der Waals surface area contributed by atoms with Gasteiger partial charge in [-0.05, 0) is 36.4 Å². The molecule has 0 aliphatic rings. The first-order valence-electron chi connectivity index (χ1n) is 11.2. The van der Waals surface area contributed by atoms with Gasteiger partial charge in [-0.2, -0.15) is 0 Å². The van der Waals surface area contributed by atoms with E-state index in [9.17, 15) is 9.90 Å². The Morgan fingerprint density at radius 1 is 0.667 bits per heavy atom. The molecular formula is C29H21N3O4. The van der Waals surface area contributed by atoms with E-state index in [1.807, 2.05) is 60.7 Å². The minimum Gasteiger partial charge on any atom is -0.507 e. The lowest BCUT2D eigenvalue weighted by atomic mass is 10.1. The van der Waals surface area contributed by atoms with Crippen molar-refractivity contribution in [2.24, 2.45) is 0 Å². The Hall–Kier alpha value is -5.04. The molecule has 0 spiro atoms. The number of benzene rings is 4. The summed E-state index contributed by atoms with van der Waals surface area (Å²) < 4.78 is 10.6. The third-order valence-electron chi connectivity index (χ3n) is 5.42. The molecule has 0 saturated carbocycles. The van der Waals surface area contributed by atoms with Crippen LogP contribution in [0.15, 0.2) is 103 Å². The summed E-state index contributed by atoms with van der Waals surface area (Å²) in [5.41, 5.74) is 2.34. The molecular weight excluding hydrogens is 454 g/mol. The van der Waals surface area contributed by atoms with Crippen molar-refractivity contribution in [1.82, 2.24) is 15.0 Å². The van der Waals surface area contributed by atoms with Gasteiger partial charge in [-0.15, -0.1) is 0 Å². The van der Waals surface area contributed by atoms with E-state index in [1.54, 1.807) is 36.4 Å². The van der Waals surface area contributed by atoms with Crippen LogP contribution in [0.4, 0.5) is 0 Å². The van der Waals surface area contributed by atoms with E-state index in [4.69, 9.17) is 9.47 Å². The minimum atomic E-state index is -0.425. The predicted octanol–water partition coefficient (Wildman–Crippen LogP) is 6.16. The Morgan fingerprint density at radius 2 is 1.25 bits per heavy atom. The molecule has 0 radical (unpaired) electrons. The van der Waals surface area contributed by atoms with Crippen LogP contribution < -0.4 is 4.74 Å². The van der Waals surface area contributed by atoms with E-state index in [2.05, 4.69) is 15.0 Å². The Bertz CT molecular complexity index is 1510. The molecule has 0 fully saturated rings. The van der Waals surface area contributed by atoms with Gasteiger partial charge in [0, 0.05) is 17.2 Å². The number of aromatic hydroxyl groups is 1. The lowest BCUT2D eigenvalue weighted by Crippen LogP contribution is -2.02. The number of para-hydroxylation sites is 1. The van der Waals surface area contributed by atoms with Gasteiger partial charge in [0.05, 0.1) is 18.2 Å². The Labute approximate surface area is 207 Å². The van der Waals surface area contributed by atoms with Gasteiger partial charge in [-0.3, -0.25) is 0 Å². The lowest BCUT2D eigenvalue weighted by Gasteiger charge is -2.11. The molecule has 0 aliphatic carbocycles. The smallest absolute Gasteiger partial charge is 0.337 e. The number of nitrogens with zero attached hydrogens (tertiary/aromatic N) is 3. The van der Waals surface area contributed by atoms with Crippen LogP contribution in [0.1, 0.15) is 10.4 Å². The molecule has 0 bridgehead atoms. The average molecular weight is 476 g/mol. The Kier molecular flexibility index (Phi) is 6.36. The number of phenols is 1. The molecule has 1 aromatic heterocycles. The van der Waals surface area contributed by atoms with Gasteiger partial charge in [-0.1, -0.05) is 60.7 Å². The molecule has 176 valence electrons. The highest BCUT2D eigenvalue weighted by atomic mass is 16.5. The van der Waals surface area contributed by atoms with Crippen molar-refractivity contribution in [2.75, 3.05) is 7.11 Å². The van der Waals surface area contributed by atoms with Crippen molar-refractivity contribution in [2.45, 2.75) is 0 Å². The molecule has 7 heteroatoms. The third kappa shape index (κ3) is 4.90. The van der Waals surface area contributed by atoms with Crippen LogP contribution in [0.3, 0.4) is 0 Å². The van der Waals surface area contributed by atoms with Gasteiger partial charge >= 0.3 is 5.97 Å². The number of carbonyl (C=O) groups is 1. The highest BCUT2D eigenvalue weighted by Gasteiger charge is 2.16. The minimum absolute atomic E-state index is 0.0272. The second-order valence-corrected chi connectivity index (χ2v) is 7.84. The molecule has 36 heavy (non-hydrogen) atoms. The zero-order valence-electron chi connectivity index (χ0n) is 19.3. The van der Waals surface area contributed by atoms with Gasteiger partial charge < -0.3 is 14.6 Å². The van der Waals surface area contributed by atoms with E-state index in [-0.39, 0.29) is 5.75 Å². The molecule has 0 unspecified atom stereocenters. The first-order chi connectivity index (χ1) is 17.6. The number of carbonyl (C=O) groups excluding carboxylic acids is 1. The summed E-state index contributed by atoms with van der Waals surface area (Å²) in [6.45, 7) is 0. The van der Waals surface area contributed by atoms with Crippen molar-refractivity contribution >= 4 is 5.97 Å². The average Bonchev–Trinajstić information content (AvgIpc) is 2.93. The highest BCUT2D eigenvalue weighted by Crippen LogP contribution is 2.34. The molecule has 0 amide bonds. The monoisotopic (exact) mass is 475 g/mol. The van der Waals surface area contributed by atoms with Gasteiger partial charge in [0.1, 0.15) is 17.2 Å². The summed E-state index contributed by atoms with van der Waals surface area (Å²) in [7, 11) is 1.34. The standard InChI is InChI=1S/C29H21N3O4/c1-35-29(34)21-14-12-20(13-15-21)27-30-26(19-8-4-2-5-9-19)31-28(32-27)24-17-16-23(18-25(24)33)36-22-10-6-3-7-11-22/h2-18,33H,1H3. The lowest BCUT2D eigenvalue weighted by molar-refractivity contribution is 0.0600. The number of hydrogen-bond donors (Lipinski definition) is 1. The van der Waals surface area contributed by atoms with Crippen LogP contribution in [0.2, 0.25) is 0 Å². The second-order valence-electron chi connectivity index (χ2n) is 7.84. The maximum absolute atomic E-state index is 11.8. The van der Waals surface area contributed by atoms with Crippen LogP contribution in [0.25, 0.3) is 34.2 Å². The largest absolute Gasteiger partial charge is 0.507 e. The molecule has 1 heterocycles. The molecule has 5 aromatic rings. The molecule has 0 saturated heterocycles. The maximum Gasteiger partial charge on any atom is 0.337 e. The molecule has 0 aliphatic heterocycles. The van der Waals surface area contributed by atoms with Crippen molar-refractivity contribution < 1.29 is 19.4 Å². The van der Waals surface area contributed by atoms with Gasteiger partial charge in [0.25, 0.3) is 0 Å². The summed E-state index contributed by atoms with van der Waals surface area (Å²) >= 11 is 0. The zero-order chi connectivity index (χ0) is 24.9. The number of ether oxygens (including phenoxy) is 2. The van der Waals surface area contributed by atoms with Gasteiger partial charge in [-0.25, -0.2) is 19.7 Å². The van der Waals surface area contributed by atoms with E-state index < -0.39 is 5.97 Å². The predicted molar refractivity (Wildman–Crippen MR) is 136 cm³/mol. The Morgan fingerprint density at radius 3 is 1.86 bits per heavy atom. The number of methoxy groups -OCH3 is 1.